The molecule has 0 saturated heterocycles. The minimum absolute atomic E-state index is 0.689. The average molecular weight is 217 g/mol. The van der Waals surface area contributed by atoms with E-state index in [9.17, 15) is 0 Å². The van der Waals surface area contributed by atoms with Gasteiger partial charge in [0.05, 0.1) is 0 Å². The minimum Gasteiger partial charge on any atom is -0.314 e. The van der Waals surface area contributed by atoms with E-state index in [1.807, 2.05) is 0 Å². The molecule has 1 aliphatic carbocycles. The van der Waals surface area contributed by atoms with Crippen LogP contribution in [0.2, 0.25) is 0 Å². The van der Waals surface area contributed by atoms with Crippen molar-refractivity contribution in [3.63, 3.8) is 0 Å². The van der Waals surface area contributed by atoms with Crippen molar-refractivity contribution in [2.75, 3.05) is 6.54 Å². The topological polar surface area (TPSA) is 12.0 Å². The molecule has 1 aliphatic rings. The Bertz CT molecular complexity index is 290. The van der Waals surface area contributed by atoms with Gasteiger partial charge in [-0.05, 0) is 37.8 Å². The molecule has 16 heavy (non-hydrogen) atoms. The highest BCUT2D eigenvalue weighted by atomic mass is 14.9. The van der Waals surface area contributed by atoms with E-state index in [1.54, 1.807) is 0 Å². The van der Waals surface area contributed by atoms with Gasteiger partial charge in [-0.25, -0.2) is 0 Å². The second-order valence-electron chi connectivity index (χ2n) is 5.12. The van der Waals surface area contributed by atoms with Gasteiger partial charge in [0.2, 0.25) is 0 Å². The molecule has 0 amide bonds. The van der Waals surface area contributed by atoms with Gasteiger partial charge in [-0.15, -0.1) is 0 Å². The van der Waals surface area contributed by atoms with E-state index in [4.69, 9.17) is 0 Å². The number of hydrogen-bond donors (Lipinski definition) is 1. The maximum atomic E-state index is 3.63. The van der Waals surface area contributed by atoms with E-state index in [2.05, 4.69) is 42.6 Å². The van der Waals surface area contributed by atoms with Crippen LogP contribution in [0.4, 0.5) is 0 Å². The highest BCUT2D eigenvalue weighted by molar-refractivity contribution is 5.14. The summed E-state index contributed by atoms with van der Waals surface area (Å²) >= 11 is 0. The van der Waals surface area contributed by atoms with Crippen molar-refractivity contribution in [1.82, 2.24) is 5.32 Å². The van der Waals surface area contributed by atoms with Crippen LogP contribution in [0.25, 0.3) is 0 Å². The molecule has 1 aromatic rings. The van der Waals surface area contributed by atoms with Crippen LogP contribution >= 0.6 is 0 Å². The highest BCUT2D eigenvalue weighted by Gasteiger charge is 2.19. The zero-order valence-electron chi connectivity index (χ0n) is 10.3. The summed E-state index contributed by atoms with van der Waals surface area (Å²) in [6, 6.07) is 11.4. The first kappa shape index (κ1) is 11.7. The third-order valence-electron chi connectivity index (χ3n) is 3.66. The maximum Gasteiger partial charge on any atom is 0.00414 e. The molecule has 2 rings (SSSR count). The third-order valence-corrected chi connectivity index (χ3v) is 3.66. The van der Waals surface area contributed by atoms with Gasteiger partial charge in [0.1, 0.15) is 0 Å². The standard InChI is InChI=1S/C15H23N/c1-13(12-15-8-5-9-15)16-11-10-14-6-3-2-4-7-14/h2-4,6-7,13,15-16H,5,8-12H2,1H3. The van der Waals surface area contributed by atoms with Gasteiger partial charge in [0.25, 0.3) is 0 Å². The first-order chi connectivity index (χ1) is 7.84. The molecule has 0 aromatic heterocycles. The van der Waals surface area contributed by atoms with E-state index in [0.717, 1.165) is 18.9 Å². The van der Waals surface area contributed by atoms with Gasteiger partial charge in [0, 0.05) is 6.04 Å². The van der Waals surface area contributed by atoms with Gasteiger partial charge in [0.15, 0.2) is 0 Å². The van der Waals surface area contributed by atoms with Crippen molar-refractivity contribution < 1.29 is 0 Å². The fraction of sp³-hybridized carbons (Fsp3) is 0.600. The van der Waals surface area contributed by atoms with Crippen molar-refractivity contribution in [3.05, 3.63) is 35.9 Å². The predicted molar refractivity (Wildman–Crippen MR) is 69.6 cm³/mol. The Kier molecular flexibility index (Phi) is 4.41. The Morgan fingerprint density at radius 2 is 2.00 bits per heavy atom. The van der Waals surface area contributed by atoms with Crippen LogP contribution in [-0.2, 0) is 6.42 Å². The smallest absolute Gasteiger partial charge is 0.00414 e. The highest BCUT2D eigenvalue weighted by Crippen LogP contribution is 2.30. The normalized spacial score (nSPS) is 18.1. The molecule has 1 nitrogen and oxygen atoms in total. The molecule has 1 aromatic carbocycles. The van der Waals surface area contributed by atoms with Gasteiger partial charge in [-0.2, -0.15) is 0 Å². The van der Waals surface area contributed by atoms with Crippen molar-refractivity contribution in [2.24, 2.45) is 5.92 Å². The lowest BCUT2D eigenvalue weighted by molar-refractivity contribution is 0.266. The summed E-state index contributed by atoms with van der Waals surface area (Å²) in [4.78, 5) is 0. The summed E-state index contributed by atoms with van der Waals surface area (Å²) in [5.41, 5.74) is 1.44. The number of rotatable bonds is 6. The van der Waals surface area contributed by atoms with Crippen LogP contribution in [0, 0.1) is 5.92 Å². The summed E-state index contributed by atoms with van der Waals surface area (Å²) in [6.07, 6.45) is 6.90. The molecular weight excluding hydrogens is 194 g/mol. The van der Waals surface area contributed by atoms with Crippen LogP contribution in [-0.4, -0.2) is 12.6 Å². The monoisotopic (exact) mass is 217 g/mol. The van der Waals surface area contributed by atoms with Crippen LogP contribution in [0.15, 0.2) is 30.3 Å². The van der Waals surface area contributed by atoms with E-state index in [1.165, 1.54) is 31.2 Å². The molecule has 0 bridgehead atoms. The maximum absolute atomic E-state index is 3.63. The fourth-order valence-corrected chi connectivity index (χ4v) is 2.42. The van der Waals surface area contributed by atoms with E-state index >= 15 is 0 Å². The summed E-state index contributed by atoms with van der Waals surface area (Å²) in [5, 5.41) is 3.63. The molecule has 0 radical (unpaired) electrons. The molecule has 0 spiro atoms. The number of hydrogen-bond acceptors (Lipinski definition) is 1. The van der Waals surface area contributed by atoms with E-state index in [-0.39, 0.29) is 0 Å². The molecule has 1 unspecified atom stereocenters. The molecule has 88 valence electrons. The van der Waals surface area contributed by atoms with Crippen LogP contribution in [0.5, 0.6) is 0 Å². The summed E-state index contributed by atoms with van der Waals surface area (Å²) < 4.78 is 0. The fourth-order valence-electron chi connectivity index (χ4n) is 2.42. The van der Waals surface area contributed by atoms with Gasteiger partial charge >= 0.3 is 0 Å². The molecule has 1 atom stereocenters. The Labute approximate surface area is 99.3 Å². The SMILES string of the molecule is CC(CC1CCC1)NCCc1ccccc1. The number of benzene rings is 1. The minimum atomic E-state index is 0.689. The molecule has 1 heteroatoms. The van der Waals surface area contributed by atoms with Crippen LogP contribution in [0.3, 0.4) is 0 Å². The van der Waals surface area contributed by atoms with Gasteiger partial charge in [-0.1, -0.05) is 49.6 Å². The largest absolute Gasteiger partial charge is 0.314 e. The first-order valence-electron chi connectivity index (χ1n) is 6.62. The lowest BCUT2D eigenvalue weighted by atomic mass is 9.81. The lowest BCUT2D eigenvalue weighted by Gasteiger charge is -2.28. The molecular formula is C15H23N. The average Bonchev–Trinajstić information content (AvgIpc) is 2.25. The van der Waals surface area contributed by atoms with Crippen LogP contribution < -0.4 is 5.32 Å². The summed E-state index contributed by atoms with van der Waals surface area (Å²) in [6.45, 7) is 3.43. The lowest BCUT2D eigenvalue weighted by Crippen LogP contribution is -2.31. The van der Waals surface area contributed by atoms with Crippen molar-refractivity contribution in [2.45, 2.75) is 45.1 Å². The molecule has 1 fully saturated rings. The zero-order chi connectivity index (χ0) is 11.2. The Hall–Kier alpha value is -0.820. The Morgan fingerprint density at radius 1 is 1.25 bits per heavy atom. The summed E-state index contributed by atoms with van der Waals surface area (Å²) in [7, 11) is 0. The molecule has 0 heterocycles. The van der Waals surface area contributed by atoms with Gasteiger partial charge in [-0.3, -0.25) is 0 Å². The molecule has 1 saturated carbocycles. The van der Waals surface area contributed by atoms with Crippen molar-refractivity contribution >= 4 is 0 Å². The quantitative estimate of drug-likeness (QED) is 0.770. The third kappa shape index (κ3) is 3.64. The van der Waals surface area contributed by atoms with Crippen LogP contribution in [0.1, 0.15) is 38.2 Å². The van der Waals surface area contributed by atoms with Crippen molar-refractivity contribution in [1.29, 1.82) is 0 Å². The first-order valence-corrected chi connectivity index (χ1v) is 6.62. The second kappa shape index (κ2) is 6.05. The number of nitrogens with one attached hydrogen (secondary N) is 1. The Balaban J connectivity index is 1.60. The zero-order valence-corrected chi connectivity index (χ0v) is 10.3. The van der Waals surface area contributed by atoms with Crippen molar-refractivity contribution in [3.8, 4) is 0 Å². The van der Waals surface area contributed by atoms with E-state index < -0.39 is 0 Å². The molecule has 0 aliphatic heterocycles. The van der Waals surface area contributed by atoms with Gasteiger partial charge < -0.3 is 5.32 Å². The Morgan fingerprint density at radius 3 is 2.62 bits per heavy atom. The molecule has 1 N–H and O–H groups in total. The predicted octanol–water partition coefficient (Wildman–Crippen LogP) is 3.40. The summed E-state index contributed by atoms with van der Waals surface area (Å²) in [5.74, 6) is 1.01. The van der Waals surface area contributed by atoms with E-state index in [0.29, 0.717) is 6.04 Å². The second-order valence-corrected chi connectivity index (χ2v) is 5.12.